The highest BCUT2D eigenvalue weighted by molar-refractivity contribution is 6.27. The number of ether oxygens (including phenoxy) is 2. The maximum Gasteiger partial charge on any atom is 0.247 e. The van der Waals surface area contributed by atoms with Gasteiger partial charge in [0.15, 0.2) is 11.5 Å². The van der Waals surface area contributed by atoms with Crippen molar-refractivity contribution in [3.63, 3.8) is 0 Å². The number of nitrogens with zero attached hydrogens (tertiary/aromatic N) is 1. The zero-order valence-electron chi connectivity index (χ0n) is 18.9. The topological polar surface area (TPSA) is 67.9 Å². The lowest BCUT2D eigenvalue weighted by Gasteiger charge is -2.32. The smallest absolute Gasteiger partial charge is 0.247 e. The summed E-state index contributed by atoms with van der Waals surface area (Å²) in [7, 11) is 1.58. The van der Waals surface area contributed by atoms with E-state index in [1.807, 2.05) is 32.0 Å². The average Bonchev–Trinajstić information content (AvgIpc) is 3.59. The van der Waals surface area contributed by atoms with E-state index >= 15 is 0 Å². The highest BCUT2D eigenvalue weighted by atomic mass is 35.5. The van der Waals surface area contributed by atoms with Crippen LogP contribution in [0.3, 0.4) is 0 Å². The predicted molar refractivity (Wildman–Crippen MR) is 122 cm³/mol. The van der Waals surface area contributed by atoms with Crippen LogP contribution in [0.15, 0.2) is 18.2 Å². The first-order chi connectivity index (χ1) is 14.9. The van der Waals surface area contributed by atoms with Crippen LogP contribution < -0.4 is 14.8 Å². The number of benzene rings is 1. The van der Waals surface area contributed by atoms with E-state index in [-0.39, 0.29) is 35.9 Å². The van der Waals surface area contributed by atoms with Crippen LogP contribution >= 0.6 is 11.6 Å². The Balaban J connectivity index is 1.93. The standard InChI is InChI=1S/C24H35ClN2O4/c1-16(2)31-20-13-10-17(14-21(20)30-3)23(27(19-11-12-19)22(28)15-25)24(29)26-18-8-6-4-5-7-9-18/h10,13-14,16,18-19,23H,4-9,11-12,15H2,1-3H3,(H,26,29)/t23-/m0/s1. The Hall–Kier alpha value is -1.95. The number of rotatable bonds is 9. The van der Waals surface area contributed by atoms with E-state index in [2.05, 4.69) is 5.32 Å². The molecule has 0 spiro atoms. The van der Waals surface area contributed by atoms with Gasteiger partial charge in [-0.3, -0.25) is 9.59 Å². The molecule has 6 nitrogen and oxygen atoms in total. The average molecular weight is 451 g/mol. The van der Waals surface area contributed by atoms with Gasteiger partial charge in [-0.05, 0) is 57.2 Å². The zero-order valence-corrected chi connectivity index (χ0v) is 19.6. The molecule has 0 aliphatic heterocycles. The third kappa shape index (κ3) is 6.28. The molecule has 0 saturated heterocycles. The van der Waals surface area contributed by atoms with E-state index < -0.39 is 6.04 Å². The highest BCUT2D eigenvalue weighted by Crippen LogP contribution is 2.38. The Morgan fingerprint density at radius 1 is 1.10 bits per heavy atom. The van der Waals surface area contributed by atoms with Crippen LogP contribution in [0.25, 0.3) is 0 Å². The number of hydrogen-bond donors (Lipinski definition) is 1. The van der Waals surface area contributed by atoms with Crippen LogP contribution in [0.2, 0.25) is 0 Å². The van der Waals surface area contributed by atoms with Gasteiger partial charge in [0.1, 0.15) is 11.9 Å². The van der Waals surface area contributed by atoms with Gasteiger partial charge in [0.25, 0.3) is 0 Å². The Morgan fingerprint density at radius 3 is 2.32 bits per heavy atom. The fourth-order valence-corrected chi connectivity index (χ4v) is 4.47. The third-order valence-electron chi connectivity index (χ3n) is 5.94. The zero-order chi connectivity index (χ0) is 22.4. The second-order valence-corrected chi connectivity index (χ2v) is 9.11. The molecule has 2 saturated carbocycles. The summed E-state index contributed by atoms with van der Waals surface area (Å²) in [5.41, 5.74) is 0.712. The van der Waals surface area contributed by atoms with E-state index in [9.17, 15) is 9.59 Å². The molecule has 1 aromatic carbocycles. The number of carbonyl (C=O) groups is 2. The van der Waals surface area contributed by atoms with Gasteiger partial charge in [0.2, 0.25) is 11.8 Å². The van der Waals surface area contributed by atoms with Gasteiger partial charge in [-0.2, -0.15) is 0 Å². The van der Waals surface area contributed by atoms with Gasteiger partial charge in [-0.25, -0.2) is 0 Å². The molecule has 31 heavy (non-hydrogen) atoms. The third-order valence-corrected chi connectivity index (χ3v) is 6.17. The van der Waals surface area contributed by atoms with E-state index in [0.717, 1.165) is 38.5 Å². The molecule has 2 aliphatic rings. The van der Waals surface area contributed by atoms with Crippen molar-refractivity contribution in [2.45, 2.75) is 89.4 Å². The molecular weight excluding hydrogens is 416 g/mol. The highest BCUT2D eigenvalue weighted by Gasteiger charge is 2.41. The maximum absolute atomic E-state index is 13.6. The van der Waals surface area contributed by atoms with Crippen LogP contribution in [0.4, 0.5) is 0 Å². The minimum atomic E-state index is -0.732. The second kappa shape index (κ2) is 11.1. The molecule has 2 aliphatic carbocycles. The van der Waals surface area contributed by atoms with Crippen molar-refractivity contribution in [2.24, 2.45) is 0 Å². The molecule has 3 rings (SSSR count). The molecular formula is C24H35ClN2O4. The molecule has 1 aromatic rings. The van der Waals surface area contributed by atoms with Crippen LogP contribution in [-0.4, -0.2) is 47.9 Å². The summed E-state index contributed by atoms with van der Waals surface area (Å²) in [6, 6.07) is 4.95. The summed E-state index contributed by atoms with van der Waals surface area (Å²) in [5, 5.41) is 3.24. The van der Waals surface area contributed by atoms with Gasteiger partial charge in [-0.1, -0.05) is 31.7 Å². The van der Waals surface area contributed by atoms with Crippen molar-refractivity contribution >= 4 is 23.4 Å². The van der Waals surface area contributed by atoms with Crippen LogP contribution in [0, 0.1) is 0 Å². The van der Waals surface area contributed by atoms with Crippen LogP contribution in [-0.2, 0) is 9.59 Å². The Kier molecular flexibility index (Phi) is 8.47. The molecule has 0 radical (unpaired) electrons. The summed E-state index contributed by atoms with van der Waals surface area (Å²) >= 11 is 5.94. The number of methoxy groups -OCH3 is 1. The van der Waals surface area contributed by atoms with Crippen molar-refractivity contribution in [2.75, 3.05) is 13.0 Å². The first kappa shape index (κ1) is 23.7. The summed E-state index contributed by atoms with van der Waals surface area (Å²) in [4.78, 5) is 28.0. The summed E-state index contributed by atoms with van der Waals surface area (Å²) in [6.07, 6.45) is 8.41. The van der Waals surface area contributed by atoms with E-state index in [0.29, 0.717) is 17.1 Å². The number of alkyl halides is 1. The Labute approximate surface area is 190 Å². The first-order valence-electron chi connectivity index (χ1n) is 11.5. The fraction of sp³-hybridized carbons (Fsp3) is 0.667. The summed E-state index contributed by atoms with van der Waals surface area (Å²) in [5.74, 6) is 0.664. The molecule has 0 aromatic heterocycles. The minimum absolute atomic E-state index is 0.00475. The number of hydrogen-bond acceptors (Lipinski definition) is 4. The Morgan fingerprint density at radius 2 is 1.77 bits per heavy atom. The quantitative estimate of drug-likeness (QED) is 0.441. The van der Waals surface area contributed by atoms with Crippen molar-refractivity contribution in [3.8, 4) is 11.5 Å². The normalized spacial score (nSPS) is 18.2. The molecule has 172 valence electrons. The largest absolute Gasteiger partial charge is 0.493 e. The van der Waals surface area contributed by atoms with E-state index in [4.69, 9.17) is 21.1 Å². The molecule has 1 N–H and O–H groups in total. The lowest BCUT2D eigenvalue weighted by Crippen LogP contribution is -2.47. The molecule has 0 bridgehead atoms. The van der Waals surface area contributed by atoms with Crippen molar-refractivity contribution in [1.82, 2.24) is 10.2 Å². The maximum atomic E-state index is 13.6. The van der Waals surface area contributed by atoms with Crippen molar-refractivity contribution in [3.05, 3.63) is 23.8 Å². The molecule has 2 fully saturated rings. The predicted octanol–water partition coefficient (Wildman–Crippen LogP) is 4.59. The van der Waals surface area contributed by atoms with Gasteiger partial charge in [-0.15, -0.1) is 11.6 Å². The molecule has 1 atom stereocenters. The van der Waals surface area contributed by atoms with E-state index in [1.54, 1.807) is 12.0 Å². The lowest BCUT2D eigenvalue weighted by atomic mass is 10.0. The fourth-order valence-electron chi connectivity index (χ4n) is 4.33. The van der Waals surface area contributed by atoms with Crippen LogP contribution in [0.5, 0.6) is 11.5 Å². The van der Waals surface area contributed by atoms with Crippen LogP contribution in [0.1, 0.15) is 76.8 Å². The number of carbonyl (C=O) groups excluding carboxylic acids is 2. The monoisotopic (exact) mass is 450 g/mol. The summed E-state index contributed by atoms with van der Waals surface area (Å²) in [6.45, 7) is 3.90. The lowest BCUT2D eigenvalue weighted by molar-refractivity contribution is -0.140. The Bertz CT molecular complexity index is 758. The molecule has 7 heteroatoms. The van der Waals surface area contributed by atoms with Gasteiger partial charge < -0.3 is 19.7 Å². The molecule has 2 amide bonds. The van der Waals surface area contributed by atoms with Crippen molar-refractivity contribution in [1.29, 1.82) is 0 Å². The molecule has 0 unspecified atom stereocenters. The number of amides is 2. The second-order valence-electron chi connectivity index (χ2n) is 8.84. The summed E-state index contributed by atoms with van der Waals surface area (Å²) < 4.78 is 11.4. The molecule has 0 heterocycles. The van der Waals surface area contributed by atoms with E-state index in [1.165, 1.54) is 12.8 Å². The number of halogens is 1. The van der Waals surface area contributed by atoms with Gasteiger partial charge in [0, 0.05) is 12.1 Å². The number of nitrogens with one attached hydrogen (secondary N) is 1. The van der Waals surface area contributed by atoms with Crippen molar-refractivity contribution < 1.29 is 19.1 Å². The van der Waals surface area contributed by atoms with Gasteiger partial charge >= 0.3 is 0 Å². The van der Waals surface area contributed by atoms with Gasteiger partial charge in [0.05, 0.1) is 13.2 Å². The first-order valence-corrected chi connectivity index (χ1v) is 12.0. The minimum Gasteiger partial charge on any atom is -0.493 e. The SMILES string of the molecule is COc1cc([C@@H](C(=O)NC2CCCCCC2)N(C(=O)CCl)C2CC2)ccc1OC(C)C.